The van der Waals surface area contributed by atoms with Crippen LogP contribution in [-0.2, 0) is 0 Å². The number of rotatable bonds is 8. The van der Waals surface area contributed by atoms with E-state index in [1.54, 1.807) is 0 Å². The van der Waals surface area contributed by atoms with Crippen molar-refractivity contribution in [3.8, 4) is 0 Å². The average Bonchev–Trinajstić information content (AvgIpc) is 2.15. The first kappa shape index (κ1) is 14.9. The van der Waals surface area contributed by atoms with Gasteiger partial charge in [0.15, 0.2) is 0 Å². The van der Waals surface area contributed by atoms with E-state index in [0.717, 1.165) is 32.2 Å². The molecule has 1 unspecified atom stereocenters. The maximum atomic E-state index is 10.4. The number of hydrogen-bond donors (Lipinski definition) is 2. The van der Waals surface area contributed by atoms with Crippen LogP contribution in [0.15, 0.2) is 0 Å². The first-order valence-corrected chi connectivity index (χ1v) is 6.41. The Morgan fingerprint density at radius 3 is 1.87 bits per heavy atom. The van der Waals surface area contributed by atoms with E-state index in [9.17, 15) is 5.11 Å². The zero-order valence-electron chi connectivity index (χ0n) is 11.1. The van der Waals surface area contributed by atoms with E-state index < -0.39 is 5.60 Å². The summed E-state index contributed by atoms with van der Waals surface area (Å²) in [6, 6.07) is 0.477. The van der Waals surface area contributed by atoms with E-state index in [0.29, 0.717) is 12.0 Å². The number of aliphatic hydroxyl groups is 1. The summed E-state index contributed by atoms with van der Waals surface area (Å²) >= 11 is 0. The minimum atomic E-state index is -0.493. The summed E-state index contributed by atoms with van der Waals surface area (Å²) in [7, 11) is 0. The Labute approximate surface area is 95.5 Å². The van der Waals surface area contributed by atoms with Gasteiger partial charge in [-0.15, -0.1) is 0 Å². The maximum absolute atomic E-state index is 10.4. The van der Waals surface area contributed by atoms with Crippen LogP contribution in [0.1, 0.15) is 60.3 Å². The molecule has 0 rings (SSSR count). The predicted octanol–water partition coefficient (Wildman–Crippen LogP) is 2.95. The van der Waals surface area contributed by atoms with Gasteiger partial charge in [0.05, 0.1) is 5.60 Å². The van der Waals surface area contributed by atoms with Gasteiger partial charge in [-0.3, -0.25) is 0 Å². The van der Waals surface area contributed by atoms with E-state index in [-0.39, 0.29) is 0 Å². The molecule has 2 nitrogen and oxygen atoms in total. The molecule has 0 aliphatic carbocycles. The first-order chi connectivity index (χ1) is 6.95. The van der Waals surface area contributed by atoms with E-state index in [1.807, 2.05) is 0 Å². The molecule has 0 saturated heterocycles. The van der Waals surface area contributed by atoms with Crippen LogP contribution in [-0.4, -0.2) is 23.3 Å². The molecule has 0 radical (unpaired) electrons. The Morgan fingerprint density at radius 2 is 1.53 bits per heavy atom. The van der Waals surface area contributed by atoms with Gasteiger partial charge in [0.2, 0.25) is 0 Å². The molecule has 0 amide bonds. The fraction of sp³-hybridized carbons (Fsp3) is 1.00. The van der Waals surface area contributed by atoms with Crippen LogP contribution >= 0.6 is 0 Å². The van der Waals surface area contributed by atoms with Gasteiger partial charge >= 0.3 is 0 Å². The monoisotopic (exact) mass is 215 g/mol. The minimum absolute atomic E-state index is 0.477. The third-order valence-electron chi connectivity index (χ3n) is 3.18. The van der Waals surface area contributed by atoms with Gasteiger partial charge in [0.1, 0.15) is 0 Å². The molecule has 0 aliphatic heterocycles. The molecule has 0 saturated carbocycles. The van der Waals surface area contributed by atoms with Crippen molar-refractivity contribution in [1.82, 2.24) is 5.32 Å². The Kier molecular flexibility index (Phi) is 7.20. The van der Waals surface area contributed by atoms with E-state index in [2.05, 4.69) is 39.9 Å². The fourth-order valence-electron chi connectivity index (χ4n) is 1.82. The summed E-state index contributed by atoms with van der Waals surface area (Å²) in [5.41, 5.74) is -0.493. The van der Waals surface area contributed by atoms with Crippen molar-refractivity contribution in [3.05, 3.63) is 0 Å². The smallest absolute Gasteiger partial charge is 0.0771 e. The highest BCUT2D eigenvalue weighted by atomic mass is 16.3. The molecule has 0 heterocycles. The molecule has 2 heteroatoms. The van der Waals surface area contributed by atoms with Gasteiger partial charge in [0, 0.05) is 12.6 Å². The Balaban J connectivity index is 4.05. The lowest BCUT2D eigenvalue weighted by Gasteiger charge is -2.30. The molecule has 92 valence electrons. The van der Waals surface area contributed by atoms with E-state index in [4.69, 9.17) is 0 Å². The second-order valence-corrected chi connectivity index (χ2v) is 5.14. The van der Waals surface area contributed by atoms with Crippen LogP contribution < -0.4 is 5.32 Å². The third-order valence-corrected chi connectivity index (χ3v) is 3.18. The van der Waals surface area contributed by atoms with Crippen LogP contribution in [0.3, 0.4) is 0 Å². The van der Waals surface area contributed by atoms with E-state index >= 15 is 0 Å². The van der Waals surface area contributed by atoms with Crippen LogP contribution in [0.25, 0.3) is 0 Å². The zero-order chi connectivity index (χ0) is 11.9. The zero-order valence-corrected chi connectivity index (χ0v) is 11.1. The summed E-state index contributed by atoms with van der Waals surface area (Å²) in [4.78, 5) is 0. The number of nitrogens with one attached hydrogen (secondary N) is 1. The molecule has 2 N–H and O–H groups in total. The third kappa shape index (κ3) is 6.16. The molecule has 0 bridgehead atoms. The number of hydrogen-bond acceptors (Lipinski definition) is 2. The summed E-state index contributed by atoms with van der Waals surface area (Å²) in [5.74, 6) is 0.623. The molecule has 15 heavy (non-hydrogen) atoms. The molecule has 0 aliphatic rings. The molecule has 0 aromatic rings. The maximum Gasteiger partial charge on any atom is 0.0771 e. The summed E-state index contributed by atoms with van der Waals surface area (Å²) in [6.07, 6.45) is 3.90. The molecular formula is C13H29NO. The van der Waals surface area contributed by atoms with Crippen LogP contribution in [0, 0.1) is 5.92 Å². The van der Waals surface area contributed by atoms with Gasteiger partial charge in [0.25, 0.3) is 0 Å². The molecule has 1 atom stereocenters. The van der Waals surface area contributed by atoms with Crippen molar-refractivity contribution < 1.29 is 5.11 Å². The van der Waals surface area contributed by atoms with Crippen LogP contribution in [0.5, 0.6) is 0 Å². The normalized spacial score (nSPS) is 14.6. The predicted molar refractivity (Wildman–Crippen MR) is 67.1 cm³/mol. The van der Waals surface area contributed by atoms with Crippen molar-refractivity contribution in [1.29, 1.82) is 0 Å². The second-order valence-electron chi connectivity index (χ2n) is 5.14. The standard InChI is InChI=1S/C13H29NO/c1-6-8-13(15,9-7-2)10-14-12(5)11(3)4/h11-12,14-15H,6-10H2,1-5H3. The highest BCUT2D eigenvalue weighted by molar-refractivity contribution is 4.82. The fourth-order valence-corrected chi connectivity index (χ4v) is 1.82. The molecule has 0 spiro atoms. The topological polar surface area (TPSA) is 32.3 Å². The SMILES string of the molecule is CCCC(O)(CCC)CNC(C)C(C)C. The quantitative estimate of drug-likeness (QED) is 0.652. The van der Waals surface area contributed by atoms with Crippen LogP contribution in [0.4, 0.5) is 0 Å². The lowest BCUT2D eigenvalue weighted by atomic mass is 9.92. The van der Waals surface area contributed by atoms with E-state index in [1.165, 1.54) is 0 Å². The Bertz CT molecular complexity index is 151. The highest BCUT2D eigenvalue weighted by Gasteiger charge is 2.25. The average molecular weight is 215 g/mol. The Morgan fingerprint density at radius 1 is 1.07 bits per heavy atom. The molecular weight excluding hydrogens is 186 g/mol. The van der Waals surface area contributed by atoms with Gasteiger partial charge in [-0.25, -0.2) is 0 Å². The van der Waals surface area contributed by atoms with Crippen LogP contribution in [0.2, 0.25) is 0 Å². The van der Waals surface area contributed by atoms with Gasteiger partial charge in [-0.1, -0.05) is 40.5 Å². The second kappa shape index (κ2) is 7.24. The summed E-state index contributed by atoms with van der Waals surface area (Å²) < 4.78 is 0. The highest BCUT2D eigenvalue weighted by Crippen LogP contribution is 2.19. The summed E-state index contributed by atoms with van der Waals surface area (Å²) in [5, 5.41) is 13.8. The van der Waals surface area contributed by atoms with Crippen molar-refractivity contribution in [3.63, 3.8) is 0 Å². The summed E-state index contributed by atoms with van der Waals surface area (Å²) in [6.45, 7) is 11.6. The van der Waals surface area contributed by atoms with Crippen molar-refractivity contribution in [2.45, 2.75) is 71.9 Å². The van der Waals surface area contributed by atoms with Crippen molar-refractivity contribution in [2.75, 3.05) is 6.54 Å². The molecule has 0 aromatic heterocycles. The first-order valence-electron chi connectivity index (χ1n) is 6.41. The molecule has 0 aromatic carbocycles. The van der Waals surface area contributed by atoms with Crippen molar-refractivity contribution >= 4 is 0 Å². The molecule has 0 fully saturated rings. The van der Waals surface area contributed by atoms with Gasteiger partial charge in [-0.05, 0) is 25.7 Å². The van der Waals surface area contributed by atoms with Crippen molar-refractivity contribution in [2.24, 2.45) is 5.92 Å². The largest absolute Gasteiger partial charge is 0.389 e. The Hall–Kier alpha value is -0.0800. The minimum Gasteiger partial charge on any atom is -0.389 e. The lowest BCUT2D eigenvalue weighted by Crippen LogP contribution is -2.45. The lowest BCUT2D eigenvalue weighted by molar-refractivity contribution is 0.0184. The van der Waals surface area contributed by atoms with Gasteiger partial charge < -0.3 is 10.4 Å². The van der Waals surface area contributed by atoms with Gasteiger partial charge in [-0.2, -0.15) is 0 Å².